The predicted octanol–water partition coefficient (Wildman–Crippen LogP) is 2.99. The van der Waals surface area contributed by atoms with Crippen LogP contribution in [-0.4, -0.2) is 25.7 Å². The highest BCUT2D eigenvalue weighted by Gasteiger charge is 2.18. The molecule has 0 aliphatic carbocycles. The Hall–Kier alpha value is -0.940. The van der Waals surface area contributed by atoms with Gasteiger partial charge in [0.15, 0.2) is 0 Å². The third kappa shape index (κ3) is 4.07. The monoisotopic (exact) mass is 317 g/mol. The molecule has 1 rings (SSSR count). The lowest BCUT2D eigenvalue weighted by atomic mass is 10.0. The van der Waals surface area contributed by atoms with Crippen LogP contribution in [0.2, 0.25) is 0 Å². The number of benzene rings is 1. The topological polar surface area (TPSA) is 38.3 Å². The Morgan fingerprint density at radius 1 is 1.50 bits per heavy atom. The Morgan fingerprint density at radius 3 is 2.67 bits per heavy atom. The fourth-order valence-corrected chi connectivity index (χ4v) is 2.03. The van der Waals surface area contributed by atoms with E-state index < -0.39 is 0 Å². The molecular formula is C13H17BrFNO2. The van der Waals surface area contributed by atoms with Crippen molar-refractivity contribution in [1.29, 1.82) is 0 Å². The van der Waals surface area contributed by atoms with Gasteiger partial charge < -0.3 is 10.1 Å². The Morgan fingerprint density at radius 2 is 2.17 bits per heavy atom. The van der Waals surface area contributed by atoms with Crippen LogP contribution in [0.3, 0.4) is 0 Å². The van der Waals surface area contributed by atoms with E-state index in [0.29, 0.717) is 16.6 Å². The van der Waals surface area contributed by atoms with Gasteiger partial charge >= 0.3 is 0 Å². The molecule has 0 saturated heterocycles. The van der Waals surface area contributed by atoms with Gasteiger partial charge in [-0.1, -0.05) is 13.8 Å². The van der Waals surface area contributed by atoms with Crippen LogP contribution in [0.4, 0.5) is 4.39 Å². The maximum absolute atomic E-state index is 12.9. The Balaban J connectivity index is 2.80. The highest BCUT2D eigenvalue weighted by Crippen LogP contribution is 2.18. The second kappa shape index (κ2) is 6.85. The molecule has 0 fully saturated rings. The molecule has 1 aromatic rings. The highest BCUT2D eigenvalue weighted by molar-refractivity contribution is 9.10. The van der Waals surface area contributed by atoms with Gasteiger partial charge in [-0.25, -0.2) is 4.39 Å². The van der Waals surface area contributed by atoms with Crippen LogP contribution in [0.1, 0.15) is 24.2 Å². The average molecular weight is 318 g/mol. The van der Waals surface area contributed by atoms with Crippen LogP contribution in [0, 0.1) is 11.7 Å². The number of methoxy groups -OCH3 is 1. The molecule has 0 radical (unpaired) electrons. The largest absolute Gasteiger partial charge is 0.383 e. The number of hydrogen-bond acceptors (Lipinski definition) is 2. The van der Waals surface area contributed by atoms with E-state index in [1.54, 1.807) is 7.11 Å². The Bertz CT molecular complexity index is 423. The number of halogens is 2. The third-order valence-corrected chi connectivity index (χ3v) is 3.30. The van der Waals surface area contributed by atoms with E-state index in [1.165, 1.54) is 18.2 Å². The number of hydrogen-bond donors (Lipinski definition) is 1. The van der Waals surface area contributed by atoms with Crippen LogP contribution in [0.15, 0.2) is 22.7 Å². The van der Waals surface area contributed by atoms with Gasteiger partial charge in [0.25, 0.3) is 5.91 Å². The molecular weight excluding hydrogens is 301 g/mol. The van der Waals surface area contributed by atoms with Crippen LogP contribution < -0.4 is 5.32 Å². The van der Waals surface area contributed by atoms with Crippen molar-refractivity contribution in [2.45, 2.75) is 19.9 Å². The van der Waals surface area contributed by atoms with Crippen LogP contribution >= 0.6 is 15.9 Å². The summed E-state index contributed by atoms with van der Waals surface area (Å²) in [5.41, 5.74) is 0.415. The van der Waals surface area contributed by atoms with Crippen LogP contribution in [-0.2, 0) is 4.74 Å². The van der Waals surface area contributed by atoms with Crippen LogP contribution in [0.5, 0.6) is 0 Å². The standard InChI is InChI=1S/C13H17BrFNO2/c1-8(2)12(7-18-3)16-13(17)10-5-4-9(15)6-11(10)14/h4-6,8,12H,7H2,1-3H3,(H,16,17). The second-order valence-electron chi connectivity index (χ2n) is 4.40. The molecule has 0 spiro atoms. The normalized spacial score (nSPS) is 12.6. The van der Waals surface area contributed by atoms with E-state index in [4.69, 9.17) is 4.74 Å². The quantitative estimate of drug-likeness (QED) is 0.906. The summed E-state index contributed by atoms with van der Waals surface area (Å²) >= 11 is 3.18. The summed E-state index contributed by atoms with van der Waals surface area (Å²) in [6.07, 6.45) is 0. The maximum atomic E-state index is 12.9. The number of carbonyl (C=O) groups is 1. The van der Waals surface area contributed by atoms with Crippen molar-refractivity contribution in [3.8, 4) is 0 Å². The zero-order chi connectivity index (χ0) is 13.7. The molecule has 0 bridgehead atoms. The number of amides is 1. The summed E-state index contributed by atoms with van der Waals surface area (Å²) in [4.78, 5) is 12.0. The van der Waals surface area contributed by atoms with E-state index in [9.17, 15) is 9.18 Å². The maximum Gasteiger partial charge on any atom is 0.252 e. The molecule has 1 amide bonds. The minimum absolute atomic E-state index is 0.0700. The minimum Gasteiger partial charge on any atom is -0.383 e. The van der Waals surface area contributed by atoms with E-state index in [1.807, 2.05) is 13.8 Å². The fourth-order valence-electron chi connectivity index (χ4n) is 1.50. The van der Waals surface area contributed by atoms with E-state index in [0.717, 1.165) is 0 Å². The Kier molecular flexibility index (Phi) is 5.75. The summed E-state index contributed by atoms with van der Waals surface area (Å²) in [5, 5.41) is 2.88. The predicted molar refractivity (Wildman–Crippen MR) is 72.1 cm³/mol. The van der Waals surface area contributed by atoms with Crippen molar-refractivity contribution < 1.29 is 13.9 Å². The zero-order valence-electron chi connectivity index (χ0n) is 10.7. The first-order chi connectivity index (χ1) is 8.45. The van der Waals surface area contributed by atoms with Gasteiger partial charge in [-0.05, 0) is 40.0 Å². The lowest BCUT2D eigenvalue weighted by molar-refractivity contribution is 0.0866. The first kappa shape index (κ1) is 15.1. The minimum atomic E-state index is -0.379. The van der Waals surface area contributed by atoms with E-state index >= 15 is 0 Å². The van der Waals surface area contributed by atoms with Crippen molar-refractivity contribution in [3.05, 3.63) is 34.1 Å². The molecule has 0 aromatic heterocycles. The van der Waals surface area contributed by atoms with Crippen molar-refractivity contribution in [2.24, 2.45) is 5.92 Å². The van der Waals surface area contributed by atoms with E-state index in [2.05, 4.69) is 21.2 Å². The Labute approximate surface area is 115 Å². The fraction of sp³-hybridized carbons (Fsp3) is 0.462. The van der Waals surface area contributed by atoms with Crippen molar-refractivity contribution in [3.63, 3.8) is 0 Å². The molecule has 0 aliphatic heterocycles. The molecule has 5 heteroatoms. The first-order valence-electron chi connectivity index (χ1n) is 5.70. The van der Waals surface area contributed by atoms with Gasteiger partial charge in [0.2, 0.25) is 0 Å². The number of ether oxygens (including phenoxy) is 1. The van der Waals surface area contributed by atoms with Gasteiger partial charge in [-0.3, -0.25) is 4.79 Å². The lowest BCUT2D eigenvalue weighted by Gasteiger charge is -2.21. The molecule has 1 atom stereocenters. The van der Waals surface area contributed by atoms with Gasteiger partial charge in [-0.15, -0.1) is 0 Å². The van der Waals surface area contributed by atoms with Crippen molar-refractivity contribution in [2.75, 3.05) is 13.7 Å². The van der Waals surface area contributed by atoms with Gasteiger partial charge in [-0.2, -0.15) is 0 Å². The summed E-state index contributed by atoms with van der Waals surface area (Å²) in [7, 11) is 1.59. The van der Waals surface area contributed by atoms with E-state index in [-0.39, 0.29) is 23.7 Å². The number of nitrogens with one attached hydrogen (secondary N) is 1. The number of carbonyl (C=O) groups excluding carboxylic acids is 1. The molecule has 1 N–H and O–H groups in total. The molecule has 0 aliphatic rings. The average Bonchev–Trinajstić information content (AvgIpc) is 2.27. The molecule has 1 aromatic carbocycles. The molecule has 0 saturated carbocycles. The molecule has 0 heterocycles. The smallest absolute Gasteiger partial charge is 0.252 e. The SMILES string of the molecule is COCC(NC(=O)c1ccc(F)cc1Br)C(C)C. The third-order valence-electron chi connectivity index (χ3n) is 2.64. The first-order valence-corrected chi connectivity index (χ1v) is 6.50. The molecule has 18 heavy (non-hydrogen) atoms. The highest BCUT2D eigenvalue weighted by atomic mass is 79.9. The van der Waals surface area contributed by atoms with Gasteiger partial charge in [0.1, 0.15) is 5.82 Å². The van der Waals surface area contributed by atoms with Crippen molar-refractivity contribution >= 4 is 21.8 Å². The summed E-state index contributed by atoms with van der Waals surface area (Å²) in [5.74, 6) is -0.360. The zero-order valence-corrected chi connectivity index (χ0v) is 12.3. The molecule has 3 nitrogen and oxygen atoms in total. The van der Waals surface area contributed by atoms with Crippen LogP contribution in [0.25, 0.3) is 0 Å². The molecule has 100 valence electrons. The number of rotatable bonds is 5. The summed E-state index contributed by atoms with van der Waals surface area (Å²) in [6.45, 7) is 4.45. The summed E-state index contributed by atoms with van der Waals surface area (Å²) < 4.78 is 18.5. The summed E-state index contributed by atoms with van der Waals surface area (Å²) in [6, 6.07) is 3.93. The van der Waals surface area contributed by atoms with Crippen molar-refractivity contribution in [1.82, 2.24) is 5.32 Å². The van der Waals surface area contributed by atoms with Gasteiger partial charge in [0, 0.05) is 11.6 Å². The lowest BCUT2D eigenvalue weighted by Crippen LogP contribution is -2.41. The van der Waals surface area contributed by atoms with Gasteiger partial charge in [0.05, 0.1) is 18.2 Å². The molecule has 1 unspecified atom stereocenters. The second-order valence-corrected chi connectivity index (χ2v) is 5.26.